The van der Waals surface area contributed by atoms with Crippen molar-refractivity contribution in [3.63, 3.8) is 0 Å². The maximum atomic E-state index is 11.4. The fourth-order valence-electron chi connectivity index (χ4n) is 4.46. The molecule has 1 saturated carbocycles. The van der Waals surface area contributed by atoms with Gasteiger partial charge in [0.2, 0.25) is 0 Å². The maximum absolute atomic E-state index is 11.4. The average Bonchev–Trinajstić information content (AvgIpc) is 3.05. The third kappa shape index (κ3) is 8.96. The minimum Gasteiger partial charge on any atom is -0.463 e. The van der Waals surface area contributed by atoms with Gasteiger partial charge in [-0.3, -0.25) is 4.79 Å². The van der Waals surface area contributed by atoms with Crippen LogP contribution in [0, 0.1) is 5.92 Å². The first-order valence-corrected chi connectivity index (χ1v) is 12.3. The van der Waals surface area contributed by atoms with Gasteiger partial charge in [-0.15, -0.1) is 11.6 Å². The van der Waals surface area contributed by atoms with Crippen molar-refractivity contribution in [3.05, 3.63) is 47.5 Å². The van der Waals surface area contributed by atoms with Crippen LogP contribution in [0.4, 0.5) is 0 Å². The van der Waals surface area contributed by atoms with Gasteiger partial charge in [0.25, 0.3) is 0 Å². The van der Waals surface area contributed by atoms with Crippen molar-refractivity contribution in [3.8, 4) is 0 Å². The molecule has 1 aromatic carbocycles. The molecule has 0 bridgehead atoms. The zero-order valence-electron chi connectivity index (χ0n) is 18.8. The molecule has 1 aromatic rings. The summed E-state index contributed by atoms with van der Waals surface area (Å²) in [5.41, 5.74) is 2.54. The highest BCUT2D eigenvalue weighted by Crippen LogP contribution is 2.44. The van der Waals surface area contributed by atoms with E-state index in [1.54, 1.807) is 0 Å². The second kappa shape index (κ2) is 14.7. The van der Waals surface area contributed by atoms with Crippen molar-refractivity contribution < 1.29 is 19.7 Å². The first-order valence-electron chi connectivity index (χ1n) is 11.9. The summed E-state index contributed by atoms with van der Waals surface area (Å²) in [5.74, 6) is 0.00338. The summed E-state index contributed by atoms with van der Waals surface area (Å²) in [6.45, 7) is 2.16. The number of carbonyl (C=O) groups is 1. The lowest BCUT2D eigenvalue weighted by Crippen LogP contribution is -2.18. The Labute approximate surface area is 192 Å². The van der Waals surface area contributed by atoms with Crippen LogP contribution < -0.4 is 0 Å². The van der Waals surface area contributed by atoms with E-state index in [4.69, 9.17) is 21.4 Å². The van der Waals surface area contributed by atoms with Gasteiger partial charge >= 0.3 is 5.97 Å². The molecule has 174 valence electrons. The highest BCUT2D eigenvalue weighted by molar-refractivity contribution is 6.21. The Bertz CT molecular complexity index is 658. The Morgan fingerprint density at radius 1 is 1.16 bits per heavy atom. The van der Waals surface area contributed by atoms with Crippen LogP contribution in [0.3, 0.4) is 0 Å². The van der Waals surface area contributed by atoms with Crippen LogP contribution in [-0.4, -0.2) is 40.9 Å². The Kier molecular flexibility index (Phi) is 12.2. The number of allylic oxidation sites excluding steroid dienone is 2. The molecule has 0 aliphatic heterocycles. The van der Waals surface area contributed by atoms with Crippen LogP contribution in [0.1, 0.15) is 81.8 Å². The average molecular weight is 451 g/mol. The highest BCUT2D eigenvalue weighted by Gasteiger charge is 2.41. The molecule has 1 aliphatic carbocycles. The number of esters is 1. The summed E-state index contributed by atoms with van der Waals surface area (Å²) in [6.07, 6.45) is 13.3. The Balaban J connectivity index is 1.83. The fraction of sp³-hybridized carbons (Fsp3) is 0.654. The Morgan fingerprint density at radius 3 is 2.65 bits per heavy atom. The molecular weight excluding hydrogens is 412 g/mol. The van der Waals surface area contributed by atoms with Gasteiger partial charge < -0.3 is 14.9 Å². The van der Waals surface area contributed by atoms with E-state index in [-0.39, 0.29) is 36.4 Å². The summed E-state index contributed by atoms with van der Waals surface area (Å²) in [4.78, 5) is 11.4. The molecule has 2 rings (SSSR count). The van der Waals surface area contributed by atoms with Crippen molar-refractivity contribution in [2.45, 2.75) is 88.5 Å². The number of unbranched alkanes of at least 4 members (excludes halogenated alkanes) is 4. The summed E-state index contributed by atoms with van der Waals surface area (Å²) in [5, 5.41) is 19.3. The van der Waals surface area contributed by atoms with Gasteiger partial charge in [-0.1, -0.05) is 62.6 Å². The van der Waals surface area contributed by atoms with Crippen LogP contribution in [0.5, 0.6) is 0 Å². The summed E-state index contributed by atoms with van der Waals surface area (Å²) in [7, 11) is 0. The maximum Gasteiger partial charge on any atom is 0.305 e. The number of carbonyl (C=O) groups excluding carboxylic acids is 1. The summed E-state index contributed by atoms with van der Waals surface area (Å²) >= 11 is 6.60. The Hall–Kier alpha value is -1.36. The lowest BCUT2D eigenvalue weighted by Gasteiger charge is -2.23. The summed E-state index contributed by atoms with van der Waals surface area (Å²) in [6, 6.07) is 8.76. The zero-order valence-corrected chi connectivity index (χ0v) is 19.6. The topological polar surface area (TPSA) is 66.8 Å². The number of aliphatic hydroxyl groups is 2. The lowest BCUT2D eigenvalue weighted by atomic mass is 9.85. The SMILES string of the molecule is CCCCCCc1ccc(C2C(C/C=C\CCCC(=O)OCCO)[C@H](Cl)C[C@H]2O)cc1. The van der Waals surface area contributed by atoms with Gasteiger partial charge in [-0.05, 0) is 55.6 Å². The second-order valence-electron chi connectivity index (χ2n) is 8.60. The number of ether oxygens (including phenoxy) is 1. The third-order valence-electron chi connectivity index (χ3n) is 6.17. The summed E-state index contributed by atoms with van der Waals surface area (Å²) < 4.78 is 4.85. The van der Waals surface area contributed by atoms with Crippen LogP contribution in [0.25, 0.3) is 0 Å². The molecule has 0 heterocycles. The van der Waals surface area contributed by atoms with Gasteiger partial charge in [0.15, 0.2) is 0 Å². The van der Waals surface area contributed by atoms with Crippen molar-refractivity contribution in [1.29, 1.82) is 0 Å². The van der Waals surface area contributed by atoms with E-state index in [1.165, 1.54) is 36.8 Å². The largest absolute Gasteiger partial charge is 0.463 e. The molecular formula is C26H39ClO4. The normalized spacial score (nSPS) is 23.5. The van der Waals surface area contributed by atoms with Crippen molar-refractivity contribution in [2.24, 2.45) is 5.92 Å². The third-order valence-corrected chi connectivity index (χ3v) is 6.67. The van der Waals surface area contributed by atoms with E-state index in [0.717, 1.165) is 25.7 Å². The number of benzene rings is 1. The van der Waals surface area contributed by atoms with Crippen LogP contribution in [0.2, 0.25) is 0 Å². The van der Waals surface area contributed by atoms with Gasteiger partial charge in [0, 0.05) is 17.7 Å². The molecule has 0 saturated heterocycles. The van der Waals surface area contributed by atoms with E-state index in [2.05, 4.69) is 43.3 Å². The quantitative estimate of drug-likeness (QED) is 0.169. The van der Waals surface area contributed by atoms with Crippen molar-refractivity contribution in [1.82, 2.24) is 0 Å². The lowest BCUT2D eigenvalue weighted by molar-refractivity contribution is -0.144. The molecule has 0 amide bonds. The minimum atomic E-state index is -0.405. The van der Waals surface area contributed by atoms with E-state index >= 15 is 0 Å². The smallest absolute Gasteiger partial charge is 0.305 e. The minimum absolute atomic E-state index is 0.0353. The van der Waals surface area contributed by atoms with Gasteiger partial charge in [-0.2, -0.15) is 0 Å². The zero-order chi connectivity index (χ0) is 22.5. The van der Waals surface area contributed by atoms with Gasteiger partial charge in [0.05, 0.1) is 12.7 Å². The number of hydrogen-bond donors (Lipinski definition) is 2. The van der Waals surface area contributed by atoms with E-state index < -0.39 is 6.10 Å². The monoisotopic (exact) mass is 450 g/mol. The molecule has 1 fully saturated rings. The molecule has 0 spiro atoms. The molecule has 0 aromatic heterocycles. The number of halogens is 1. The van der Waals surface area contributed by atoms with Gasteiger partial charge in [-0.25, -0.2) is 0 Å². The molecule has 31 heavy (non-hydrogen) atoms. The van der Waals surface area contributed by atoms with Crippen molar-refractivity contribution >= 4 is 17.6 Å². The first kappa shape index (κ1) is 25.9. The van der Waals surface area contributed by atoms with Crippen LogP contribution >= 0.6 is 11.6 Å². The van der Waals surface area contributed by atoms with E-state index in [0.29, 0.717) is 12.8 Å². The van der Waals surface area contributed by atoms with E-state index in [9.17, 15) is 9.90 Å². The number of aryl methyl sites for hydroxylation is 1. The molecule has 4 atom stereocenters. The van der Waals surface area contributed by atoms with Crippen LogP contribution in [-0.2, 0) is 16.0 Å². The molecule has 2 unspecified atom stereocenters. The van der Waals surface area contributed by atoms with Gasteiger partial charge in [0.1, 0.15) is 6.61 Å². The number of aliphatic hydroxyl groups excluding tert-OH is 2. The Morgan fingerprint density at radius 2 is 1.94 bits per heavy atom. The van der Waals surface area contributed by atoms with E-state index in [1.807, 2.05) is 0 Å². The first-order chi connectivity index (χ1) is 15.1. The van der Waals surface area contributed by atoms with Crippen molar-refractivity contribution in [2.75, 3.05) is 13.2 Å². The predicted octanol–water partition coefficient (Wildman–Crippen LogP) is 5.53. The second-order valence-corrected chi connectivity index (χ2v) is 9.16. The standard InChI is InChI=1S/C26H39ClO4/c1-2-3-4-7-10-20-13-15-21(16-14-20)26-22(23(27)19-24(26)29)11-8-5-6-9-12-25(30)31-18-17-28/h5,8,13-16,22-24,26,28-29H,2-4,6-7,9-12,17-19H2,1H3/b8-5-/t22?,23-,24-,26?/m1/s1. The molecule has 0 radical (unpaired) electrons. The number of rotatable bonds is 14. The highest BCUT2D eigenvalue weighted by atomic mass is 35.5. The number of alkyl halides is 1. The molecule has 5 heteroatoms. The molecule has 2 N–H and O–H groups in total. The molecule has 4 nitrogen and oxygen atoms in total. The predicted molar refractivity (Wildman–Crippen MR) is 126 cm³/mol. The number of hydrogen-bond acceptors (Lipinski definition) is 4. The fourth-order valence-corrected chi connectivity index (χ4v) is 4.90. The van der Waals surface area contributed by atoms with Crippen LogP contribution in [0.15, 0.2) is 36.4 Å². The molecule has 1 aliphatic rings.